The van der Waals surface area contributed by atoms with Crippen LogP contribution in [0.15, 0.2) is 42.9 Å². The van der Waals surface area contributed by atoms with E-state index in [-0.39, 0.29) is 0 Å². The molecule has 0 bridgehead atoms. The molecule has 3 aliphatic heterocycles. The van der Waals surface area contributed by atoms with E-state index < -0.39 is 0 Å². The van der Waals surface area contributed by atoms with Crippen molar-refractivity contribution in [1.82, 2.24) is 34.8 Å². The number of ether oxygens (including phenoxy) is 1. The fourth-order valence-corrected chi connectivity index (χ4v) is 6.15. The monoisotopic (exact) mass is 498 g/mol. The number of hydrogen-bond donors (Lipinski definition) is 1. The number of fused-ring (bicyclic) bond motifs is 4. The SMILES string of the molecule is CN1CCC(n2cc(-c3c[nH]c4nnc(-c5ccc6c(c5)COCC5CN(C)CCN65)cc34)cn2)CC1. The number of piperidine rings is 1. The van der Waals surface area contributed by atoms with Crippen LogP contribution >= 0.6 is 0 Å². The molecular formula is C28H34N8O. The molecule has 0 aliphatic carbocycles. The summed E-state index contributed by atoms with van der Waals surface area (Å²) in [6.45, 7) is 6.76. The molecule has 0 radical (unpaired) electrons. The standard InChI is InChI=1S/C28H34N8O/c1-33-7-5-22(6-8-33)36-15-21(13-30-36)25-14-29-28-24(25)12-26(31-32-28)19-3-4-27-20(11-19)17-37-18-23-16-34(2)9-10-35(23)27/h3-4,11-15,22-23H,5-10,16-18H2,1-2H3,(H,29,32). The molecule has 192 valence electrons. The van der Waals surface area contributed by atoms with E-state index in [1.54, 1.807) is 0 Å². The molecule has 0 amide bonds. The summed E-state index contributed by atoms with van der Waals surface area (Å²) in [4.78, 5) is 10.6. The molecule has 1 atom stereocenters. The second-order valence-corrected chi connectivity index (χ2v) is 10.9. The van der Waals surface area contributed by atoms with Gasteiger partial charge in [-0.2, -0.15) is 5.10 Å². The molecule has 0 spiro atoms. The highest BCUT2D eigenvalue weighted by Crippen LogP contribution is 2.34. The van der Waals surface area contributed by atoms with Gasteiger partial charge in [-0.25, -0.2) is 0 Å². The highest BCUT2D eigenvalue weighted by Gasteiger charge is 2.29. The fourth-order valence-electron chi connectivity index (χ4n) is 6.15. The second kappa shape index (κ2) is 9.24. The zero-order chi connectivity index (χ0) is 24.9. The van der Waals surface area contributed by atoms with Gasteiger partial charge in [-0.1, -0.05) is 6.07 Å². The van der Waals surface area contributed by atoms with Gasteiger partial charge in [0.2, 0.25) is 0 Å². The predicted octanol–water partition coefficient (Wildman–Crippen LogP) is 3.41. The highest BCUT2D eigenvalue weighted by atomic mass is 16.5. The van der Waals surface area contributed by atoms with Crippen LogP contribution in [0.3, 0.4) is 0 Å². The van der Waals surface area contributed by atoms with Gasteiger partial charge in [-0.15, -0.1) is 10.2 Å². The lowest BCUT2D eigenvalue weighted by molar-refractivity contribution is 0.0960. The van der Waals surface area contributed by atoms with Crippen LogP contribution in [0.5, 0.6) is 0 Å². The van der Waals surface area contributed by atoms with E-state index in [1.807, 2.05) is 12.4 Å². The first-order chi connectivity index (χ1) is 18.1. The van der Waals surface area contributed by atoms with Gasteiger partial charge >= 0.3 is 0 Å². The van der Waals surface area contributed by atoms with Gasteiger partial charge in [0, 0.05) is 65.4 Å². The van der Waals surface area contributed by atoms with E-state index in [2.05, 4.69) is 79.1 Å². The van der Waals surface area contributed by atoms with Crippen LogP contribution in [-0.4, -0.2) is 94.2 Å². The van der Waals surface area contributed by atoms with Crippen LogP contribution in [0.2, 0.25) is 0 Å². The summed E-state index contributed by atoms with van der Waals surface area (Å²) < 4.78 is 8.25. The predicted molar refractivity (Wildman–Crippen MR) is 145 cm³/mol. The number of likely N-dealkylation sites (N-methyl/N-ethyl adjacent to an activating group) is 1. The van der Waals surface area contributed by atoms with E-state index in [0.717, 1.165) is 85.6 Å². The molecule has 1 N–H and O–H groups in total. The Morgan fingerprint density at radius 1 is 0.946 bits per heavy atom. The number of anilines is 1. The van der Waals surface area contributed by atoms with Crippen molar-refractivity contribution in [3.05, 3.63) is 48.4 Å². The largest absolute Gasteiger partial charge is 0.375 e. The second-order valence-electron chi connectivity index (χ2n) is 10.9. The van der Waals surface area contributed by atoms with Crippen molar-refractivity contribution in [1.29, 1.82) is 0 Å². The Kier molecular flexibility index (Phi) is 5.71. The number of H-pyrrole nitrogens is 1. The lowest BCUT2D eigenvalue weighted by atomic mass is 10.0. The first kappa shape index (κ1) is 22.9. The minimum absolute atomic E-state index is 0.403. The van der Waals surface area contributed by atoms with Crippen LogP contribution in [0.25, 0.3) is 33.4 Å². The number of nitrogens with zero attached hydrogens (tertiary/aromatic N) is 7. The van der Waals surface area contributed by atoms with Gasteiger partial charge < -0.3 is 24.4 Å². The summed E-state index contributed by atoms with van der Waals surface area (Å²) in [5.74, 6) is 0. The van der Waals surface area contributed by atoms with Crippen molar-refractivity contribution in [2.45, 2.75) is 31.5 Å². The quantitative estimate of drug-likeness (QED) is 0.464. The maximum absolute atomic E-state index is 6.10. The number of likely N-dealkylation sites (tertiary alicyclic amines) is 1. The van der Waals surface area contributed by atoms with E-state index in [4.69, 9.17) is 9.84 Å². The number of benzene rings is 1. The zero-order valence-electron chi connectivity index (χ0n) is 21.6. The van der Waals surface area contributed by atoms with Crippen molar-refractivity contribution >= 4 is 16.7 Å². The summed E-state index contributed by atoms with van der Waals surface area (Å²) in [5, 5.41) is 14.9. The number of piperazine rings is 1. The van der Waals surface area contributed by atoms with Crippen molar-refractivity contribution in [2.75, 3.05) is 58.3 Å². The van der Waals surface area contributed by atoms with Crippen LogP contribution in [0, 0.1) is 0 Å². The van der Waals surface area contributed by atoms with E-state index in [0.29, 0.717) is 18.7 Å². The number of hydrogen-bond acceptors (Lipinski definition) is 7. The summed E-state index contributed by atoms with van der Waals surface area (Å²) in [7, 11) is 4.38. The molecule has 9 heteroatoms. The third kappa shape index (κ3) is 4.21. The van der Waals surface area contributed by atoms with Gasteiger partial charge in [0.1, 0.15) is 0 Å². The van der Waals surface area contributed by atoms with E-state index in [9.17, 15) is 0 Å². The normalized spacial score (nSPS) is 21.7. The van der Waals surface area contributed by atoms with Crippen molar-refractivity contribution in [3.8, 4) is 22.4 Å². The lowest BCUT2D eigenvalue weighted by Gasteiger charge is -2.40. The van der Waals surface area contributed by atoms with Crippen LogP contribution in [-0.2, 0) is 11.3 Å². The summed E-state index contributed by atoms with van der Waals surface area (Å²) >= 11 is 0. The third-order valence-corrected chi connectivity index (χ3v) is 8.35. The minimum Gasteiger partial charge on any atom is -0.375 e. The van der Waals surface area contributed by atoms with Crippen LogP contribution < -0.4 is 4.90 Å². The molecule has 9 nitrogen and oxygen atoms in total. The van der Waals surface area contributed by atoms with Gasteiger partial charge in [-0.05, 0) is 58.2 Å². The lowest BCUT2D eigenvalue weighted by Crippen LogP contribution is -2.53. The van der Waals surface area contributed by atoms with Gasteiger partial charge in [0.15, 0.2) is 5.65 Å². The number of aromatic nitrogens is 5. The Morgan fingerprint density at radius 3 is 2.73 bits per heavy atom. The molecule has 4 aromatic rings. The number of nitrogens with one attached hydrogen (secondary N) is 1. The smallest absolute Gasteiger partial charge is 0.160 e. The molecule has 6 heterocycles. The number of rotatable bonds is 3. The fraction of sp³-hybridized carbons (Fsp3) is 0.464. The van der Waals surface area contributed by atoms with Crippen molar-refractivity contribution < 1.29 is 4.74 Å². The van der Waals surface area contributed by atoms with Crippen molar-refractivity contribution in [2.24, 2.45) is 0 Å². The molecule has 2 saturated heterocycles. The highest BCUT2D eigenvalue weighted by molar-refractivity contribution is 5.94. The van der Waals surface area contributed by atoms with Crippen molar-refractivity contribution in [3.63, 3.8) is 0 Å². The Morgan fingerprint density at radius 2 is 1.84 bits per heavy atom. The molecule has 0 saturated carbocycles. The molecule has 1 unspecified atom stereocenters. The van der Waals surface area contributed by atoms with Crippen LogP contribution in [0.4, 0.5) is 5.69 Å². The summed E-state index contributed by atoms with van der Waals surface area (Å²) in [6.07, 6.45) is 8.46. The molecule has 7 rings (SSSR count). The maximum atomic E-state index is 6.10. The average molecular weight is 499 g/mol. The first-order valence-corrected chi connectivity index (χ1v) is 13.4. The van der Waals surface area contributed by atoms with Crippen LogP contribution in [0.1, 0.15) is 24.4 Å². The minimum atomic E-state index is 0.403. The van der Waals surface area contributed by atoms with Gasteiger partial charge in [0.05, 0.1) is 37.2 Å². The van der Waals surface area contributed by atoms with Gasteiger partial charge in [-0.3, -0.25) is 4.68 Å². The summed E-state index contributed by atoms with van der Waals surface area (Å²) in [5.41, 5.74) is 7.47. The Hall–Kier alpha value is -3.27. The van der Waals surface area contributed by atoms with E-state index in [1.165, 1.54) is 11.3 Å². The Bertz CT molecular complexity index is 1420. The molecule has 37 heavy (non-hydrogen) atoms. The molecule has 3 aromatic heterocycles. The van der Waals surface area contributed by atoms with Gasteiger partial charge in [0.25, 0.3) is 0 Å². The van der Waals surface area contributed by atoms with E-state index >= 15 is 0 Å². The number of aromatic amines is 1. The molecule has 1 aromatic carbocycles. The maximum Gasteiger partial charge on any atom is 0.160 e. The molecule has 2 fully saturated rings. The first-order valence-electron chi connectivity index (χ1n) is 13.4. The summed E-state index contributed by atoms with van der Waals surface area (Å²) in [6, 6.07) is 9.68. The average Bonchev–Trinajstić information content (AvgIpc) is 3.52. The molecule has 3 aliphatic rings. The topological polar surface area (TPSA) is 78.3 Å². The Balaban J connectivity index is 1.19. The zero-order valence-corrected chi connectivity index (χ0v) is 21.6. The third-order valence-electron chi connectivity index (χ3n) is 8.35. The Labute approximate surface area is 217 Å². The molecular weight excluding hydrogens is 464 g/mol.